The van der Waals surface area contributed by atoms with Gasteiger partial charge in [0, 0.05) is 27.9 Å². The van der Waals surface area contributed by atoms with Crippen LogP contribution in [0.15, 0.2) is 15.9 Å². The molecule has 0 aromatic carbocycles. The highest BCUT2D eigenvalue weighted by Gasteiger charge is 1.96. The van der Waals surface area contributed by atoms with E-state index in [0.717, 1.165) is 24.0 Å². The quantitative estimate of drug-likeness (QED) is 0.721. The summed E-state index contributed by atoms with van der Waals surface area (Å²) >= 11 is 5.17. The Balaban J connectivity index is 1.93. The summed E-state index contributed by atoms with van der Waals surface area (Å²) in [4.78, 5) is 1.33. The van der Waals surface area contributed by atoms with Crippen LogP contribution in [0.3, 0.4) is 0 Å². The molecule has 5 heteroatoms. The molecule has 0 amide bonds. The van der Waals surface area contributed by atoms with Gasteiger partial charge in [0.25, 0.3) is 0 Å². The average molecular weight is 294 g/mol. The third-order valence-corrected chi connectivity index (χ3v) is 3.50. The topological polar surface area (TPSA) is 41.5 Å². The van der Waals surface area contributed by atoms with Gasteiger partial charge in [-0.2, -0.15) is 0 Å². The molecular formula is C10H16BrNO2S. The van der Waals surface area contributed by atoms with Crippen molar-refractivity contribution in [3.63, 3.8) is 0 Å². The second kappa shape index (κ2) is 8.24. The third kappa shape index (κ3) is 6.27. The van der Waals surface area contributed by atoms with Gasteiger partial charge in [-0.3, -0.25) is 0 Å². The Morgan fingerprint density at radius 3 is 3.00 bits per heavy atom. The molecule has 1 aromatic rings. The van der Waals surface area contributed by atoms with E-state index in [0.29, 0.717) is 13.2 Å². The first-order valence-electron chi connectivity index (χ1n) is 4.95. The molecule has 1 heterocycles. The predicted molar refractivity (Wildman–Crippen MR) is 66.2 cm³/mol. The van der Waals surface area contributed by atoms with Gasteiger partial charge in [0.05, 0.1) is 13.2 Å². The van der Waals surface area contributed by atoms with Crippen molar-refractivity contribution in [2.45, 2.75) is 13.0 Å². The number of thiophene rings is 1. The summed E-state index contributed by atoms with van der Waals surface area (Å²) in [6.07, 6.45) is 0.979. The maximum absolute atomic E-state index is 8.48. The van der Waals surface area contributed by atoms with E-state index in [1.807, 2.05) is 0 Å². The van der Waals surface area contributed by atoms with Crippen LogP contribution in [0.25, 0.3) is 0 Å². The highest BCUT2D eigenvalue weighted by atomic mass is 79.9. The Hall–Kier alpha value is 0.0600. The number of halogens is 1. The van der Waals surface area contributed by atoms with E-state index >= 15 is 0 Å². The minimum atomic E-state index is 0.108. The maximum atomic E-state index is 8.48. The second-order valence-corrected chi connectivity index (χ2v) is 5.01. The van der Waals surface area contributed by atoms with Crippen LogP contribution in [0.1, 0.15) is 11.3 Å². The first-order valence-corrected chi connectivity index (χ1v) is 6.62. The Labute approximate surface area is 103 Å². The minimum Gasteiger partial charge on any atom is -0.394 e. The maximum Gasteiger partial charge on any atom is 0.0697 e. The normalized spacial score (nSPS) is 10.8. The first-order chi connectivity index (χ1) is 7.33. The van der Waals surface area contributed by atoms with Crippen molar-refractivity contribution in [2.24, 2.45) is 0 Å². The summed E-state index contributed by atoms with van der Waals surface area (Å²) in [5.74, 6) is 0. The Morgan fingerprint density at radius 2 is 2.33 bits per heavy atom. The van der Waals surface area contributed by atoms with Crippen LogP contribution in [0.5, 0.6) is 0 Å². The van der Waals surface area contributed by atoms with Crippen molar-refractivity contribution in [3.8, 4) is 0 Å². The lowest BCUT2D eigenvalue weighted by atomic mass is 10.4. The lowest BCUT2D eigenvalue weighted by Crippen LogP contribution is -2.16. The molecule has 0 bridgehead atoms. The highest BCUT2D eigenvalue weighted by molar-refractivity contribution is 9.10. The zero-order valence-corrected chi connectivity index (χ0v) is 10.9. The lowest BCUT2D eigenvalue weighted by molar-refractivity contribution is 0.0907. The predicted octanol–water partition coefficient (Wildman–Crippen LogP) is 2.00. The van der Waals surface area contributed by atoms with Gasteiger partial charge in [-0.25, -0.2) is 0 Å². The summed E-state index contributed by atoms with van der Waals surface area (Å²) in [5, 5.41) is 13.9. The fourth-order valence-corrected chi connectivity index (χ4v) is 2.54. The first kappa shape index (κ1) is 13.1. The molecular weight excluding hydrogens is 278 g/mol. The van der Waals surface area contributed by atoms with Crippen LogP contribution >= 0.6 is 27.3 Å². The summed E-state index contributed by atoms with van der Waals surface area (Å²) in [6, 6.07) is 2.12. The number of hydrogen-bond acceptors (Lipinski definition) is 4. The lowest BCUT2D eigenvalue weighted by Gasteiger charge is -2.03. The van der Waals surface area contributed by atoms with Crippen molar-refractivity contribution < 1.29 is 9.84 Å². The van der Waals surface area contributed by atoms with Gasteiger partial charge in [0.2, 0.25) is 0 Å². The van der Waals surface area contributed by atoms with E-state index in [-0.39, 0.29) is 6.61 Å². The van der Waals surface area contributed by atoms with Gasteiger partial charge < -0.3 is 15.2 Å². The SMILES string of the molecule is OCCOCCCNCc1cc(Br)cs1. The number of rotatable bonds is 8. The Bertz CT molecular complexity index is 268. The zero-order chi connectivity index (χ0) is 10.9. The monoisotopic (exact) mass is 293 g/mol. The van der Waals surface area contributed by atoms with Crippen LogP contribution in [0.2, 0.25) is 0 Å². The van der Waals surface area contributed by atoms with Crippen molar-refractivity contribution in [2.75, 3.05) is 26.4 Å². The van der Waals surface area contributed by atoms with Crippen molar-refractivity contribution >= 4 is 27.3 Å². The molecule has 0 saturated carbocycles. The molecule has 0 fully saturated rings. The molecule has 0 saturated heterocycles. The average Bonchev–Trinajstić information content (AvgIpc) is 2.63. The zero-order valence-electron chi connectivity index (χ0n) is 8.54. The van der Waals surface area contributed by atoms with Gasteiger partial charge in [-0.05, 0) is 35.0 Å². The molecule has 0 aliphatic rings. The molecule has 0 spiro atoms. The van der Waals surface area contributed by atoms with Crippen LogP contribution in [0.4, 0.5) is 0 Å². The van der Waals surface area contributed by atoms with E-state index in [9.17, 15) is 0 Å². The summed E-state index contributed by atoms with van der Waals surface area (Å²) in [7, 11) is 0. The van der Waals surface area contributed by atoms with Gasteiger partial charge in [-0.1, -0.05) is 0 Å². The van der Waals surface area contributed by atoms with Gasteiger partial charge in [-0.15, -0.1) is 11.3 Å². The number of ether oxygens (including phenoxy) is 1. The minimum absolute atomic E-state index is 0.108. The molecule has 1 aromatic heterocycles. The Kier molecular flexibility index (Phi) is 7.21. The van der Waals surface area contributed by atoms with Crippen LogP contribution in [-0.2, 0) is 11.3 Å². The summed E-state index contributed by atoms with van der Waals surface area (Å²) < 4.78 is 6.29. The largest absolute Gasteiger partial charge is 0.394 e. The Morgan fingerprint density at radius 1 is 1.47 bits per heavy atom. The van der Waals surface area contributed by atoms with E-state index in [2.05, 4.69) is 32.7 Å². The molecule has 0 unspecified atom stereocenters. The van der Waals surface area contributed by atoms with Crippen LogP contribution in [-0.4, -0.2) is 31.5 Å². The number of aliphatic hydroxyl groups excluding tert-OH is 1. The fourth-order valence-electron chi connectivity index (χ4n) is 1.12. The molecule has 0 aliphatic carbocycles. The molecule has 3 nitrogen and oxygen atoms in total. The van der Waals surface area contributed by atoms with Gasteiger partial charge in [0.15, 0.2) is 0 Å². The second-order valence-electron chi connectivity index (χ2n) is 3.10. The van der Waals surface area contributed by atoms with E-state index in [4.69, 9.17) is 9.84 Å². The number of hydrogen-bond donors (Lipinski definition) is 2. The number of aliphatic hydroxyl groups is 1. The summed E-state index contributed by atoms with van der Waals surface area (Å²) in [5.41, 5.74) is 0. The molecule has 86 valence electrons. The molecule has 1 rings (SSSR count). The van der Waals surface area contributed by atoms with Crippen LogP contribution in [0, 0.1) is 0 Å². The van der Waals surface area contributed by atoms with Crippen LogP contribution < -0.4 is 5.32 Å². The van der Waals surface area contributed by atoms with Gasteiger partial charge >= 0.3 is 0 Å². The smallest absolute Gasteiger partial charge is 0.0697 e. The summed E-state index contributed by atoms with van der Waals surface area (Å²) in [6.45, 7) is 3.12. The molecule has 15 heavy (non-hydrogen) atoms. The van der Waals surface area contributed by atoms with E-state index in [1.54, 1.807) is 11.3 Å². The van der Waals surface area contributed by atoms with E-state index in [1.165, 1.54) is 4.88 Å². The third-order valence-electron chi connectivity index (χ3n) is 1.80. The molecule has 0 radical (unpaired) electrons. The van der Waals surface area contributed by atoms with Crippen molar-refractivity contribution in [3.05, 3.63) is 20.8 Å². The molecule has 2 N–H and O–H groups in total. The number of nitrogens with one attached hydrogen (secondary N) is 1. The highest BCUT2D eigenvalue weighted by Crippen LogP contribution is 2.19. The molecule has 0 aliphatic heterocycles. The molecule has 0 atom stereocenters. The van der Waals surface area contributed by atoms with E-state index < -0.39 is 0 Å². The fraction of sp³-hybridized carbons (Fsp3) is 0.600. The van der Waals surface area contributed by atoms with Crippen molar-refractivity contribution in [1.29, 1.82) is 0 Å². The van der Waals surface area contributed by atoms with Gasteiger partial charge in [0.1, 0.15) is 0 Å². The standard InChI is InChI=1S/C10H16BrNO2S/c11-9-6-10(15-8-9)7-12-2-1-4-14-5-3-13/h6,8,12-13H,1-5,7H2. The van der Waals surface area contributed by atoms with Crippen molar-refractivity contribution in [1.82, 2.24) is 5.32 Å².